The quantitative estimate of drug-likeness (QED) is 0.791. The fourth-order valence-electron chi connectivity index (χ4n) is 2.77. The Labute approximate surface area is 106 Å². The van der Waals surface area contributed by atoms with Crippen molar-refractivity contribution in [2.24, 2.45) is 5.92 Å². The summed E-state index contributed by atoms with van der Waals surface area (Å²) in [6, 6.07) is 7.00. The Morgan fingerprint density at radius 3 is 2.88 bits per heavy atom. The zero-order valence-electron chi connectivity index (χ0n) is 11.3. The second-order valence-electron chi connectivity index (χ2n) is 5.33. The third kappa shape index (κ3) is 3.24. The van der Waals surface area contributed by atoms with Gasteiger partial charge < -0.3 is 5.32 Å². The van der Waals surface area contributed by atoms with E-state index in [2.05, 4.69) is 37.4 Å². The molecule has 0 saturated carbocycles. The highest BCUT2D eigenvalue weighted by molar-refractivity contribution is 5.54. The molecule has 1 aliphatic heterocycles. The fourth-order valence-corrected chi connectivity index (χ4v) is 2.77. The van der Waals surface area contributed by atoms with Crippen LogP contribution in [-0.4, -0.2) is 6.54 Å². The molecule has 1 heteroatoms. The molecule has 1 heterocycles. The lowest BCUT2D eigenvalue weighted by Crippen LogP contribution is -2.23. The maximum absolute atomic E-state index is 3.58. The van der Waals surface area contributed by atoms with Crippen molar-refractivity contribution in [3.63, 3.8) is 0 Å². The first-order valence-electron chi connectivity index (χ1n) is 7.19. The van der Waals surface area contributed by atoms with Crippen molar-refractivity contribution in [3.8, 4) is 0 Å². The molecular formula is C16H25N. The Kier molecular flexibility index (Phi) is 4.47. The zero-order chi connectivity index (χ0) is 12.1. The summed E-state index contributed by atoms with van der Waals surface area (Å²) >= 11 is 0. The van der Waals surface area contributed by atoms with E-state index in [1.165, 1.54) is 49.8 Å². The molecule has 1 atom stereocenters. The zero-order valence-corrected chi connectivity index (χ0v) is 11.3. The third-order valence-electron chi connectivity index (χ3n) is 3.78. The van der Waals surface area contributed by atoms with Gasteiger partial charge in [-0.3, -0.25) is 0 Å². The molecule has 0 saturated heterocycles. The SMILES string of the molecule is CCCCc1ccc2c(c1)CC(CCC)CN2. The molecule has 2 rings (SSSR count). The third-order valence-corrected chi connectivity index (χ3v) is 3.78. The number of rotatable bonds is 5. The second kappa shape index (κ2) is 6.09. The van der Waals surface area contributed by atoms with E-state index in [-0.39, 0.29) is 0 Å². The molecule has 0 aromatic heterocycles. The summed E-state index contributed by atoms with van der Waals surface area (Å²) < 4.78 is 0. The van der Waals surface area contributed by atoms with Gasteiger partial charge in [0, 0.05) is 12.2 Å². The van der Waals surface area contributed by atoms with E-state index in [9.17, 15) is 0 Å². The lowest BCUT2D eigenvalue weighted by Gasteiger charge is -2.26. The molecule has 0 aliphatic carbocycles. The van der Waals surface area contributed by atoms with Crippen LogP contribution in [0, 0.1) is 5.92 Å². The standard InChI is InChI=1S/C16H25N/c1-3-5-7-13-8-9-16-15(10-13)11-14(6-4-2)12-17-16/h8-10,14,17H,3-7,11-12H2,1-2H3. The molecule has 17 heavy (non-hydrogen) atoms. The smallest absolute Gasteiger partial charge is 0.0373 e. The number of hydrogen-bond donors (Lipinski definition) is 1. The van der Waals surface area contributed by atoms with Crippen LogP contribution >= 0.6 is 0 Å². The Morgan fingerprint density at radius 2 is 2.12 bits per heavy atom. The first-order valence-corrected chi connectivity index (χ1v) is 7.19. The summed E-state index contributed by atoms with van der Waals surface area (Å²) in [7, 11) is 0. The van der Waals surface area contributed by atoms with E-state index in [1.54, 1.807) is 5.56 Å². The van der Waals surface area contributed by atoms with Crippen LogP contribution in [0.2, 0.25) is 0 Å². The first-order chi connectivity index (χ1) is 8.33. The molecule has 0 bridgehead atoms. The van der Waals surface area contributed by atoms with E-state index in [0.29, 0.717) is 0 Å². The molecule has 94 valence electrons. The van der Waals surface area contributed by atoms with E-state index in [4.69, 9.17) is 0 Å². The molecule has 0 fully saturated rings. The number of hydrogen-bond acceptors (Lipinski definition) is 1. The van der Waals surface area contributed by atoms with Crippen LogP contribution in [0.25, 0.3) is 0 Å². The molecule has 0 amide bonds. The lowest BCUT2D eigenvalue weighted by molar-refractivity contribution is 0.489. The Balaban J connectivity index is 2.06. The Morgan fingerprint density at radius 1 is 1.24 bits per heavy atom. The minimum atomic E-state index is 0.842. The topological polar surface area (TPSA) is 12.0 Å². The van der Waals surface area contributed by atoms with Crippen LogP contribution in [0.15, 0.2) is 18.2 Å². The van der Waals surface area contributed by atoms with Gasteiger partial charge in [-0.15, -0.1) is 0 Å². The summed E-state index contributed by atoms with van der Waals surface area (Å²) in [6.07, 6.45) is 7.76. The van der Waals surface area contributed by atoms with Gasteiger partial charge in [0.05, 0.1) is 0 Å². The average molecular weight is 231 g/mol. The number of anilines is 1. The Bertz CT molecular complexity index is 357. The highest BCUT2D eigenvalue weighted by Gasteiger charge is 2.17. The summed E-state index contributed by atoms with van der Waals surface area (Å²) in [6.45, 7) is 5.71. The van der Waals surface area contributed by atoms with Crippen LogP contribution in [0.1, 0.15) is 50.7 Å². The molecular weight excluding hydrogens is 206 g/mol. The van der Waals surface area contributed by atoms with Crippen molar-refractivity contribution >= 4 is 5.69 Å². The predicted octanol–water partition coefficient (Wildman–Crippen LogP) is 4.41. The van der Waals surface area contributed by atoms with Crippen LogP contribution in [-0.2, 0) is 12.8 Å². The van der Waals surface area contributed by atoms with Crippen molar-refractivity contribution in [3.05, 3.63) is 29.3 Å². The molecule has 0 radical (unpaired) electrons. The second-order valence-corrected chi connectivity index (χ2v) is 5.33. The minimum Gasteiger partial charge on any atom is -0.385 e. The summed E-state index contributed by atoms with van der Waals surface area (Å²) in [5, 5.41) is 3.58. The highest BCUT2D eigenvalue weighted by atomic mass is 14.9. The monoisotopic (exact) mass is 231 g/mol. The van der Waals surface area contributed by atoms with Crippen molar-refractivity contribution in [2.45, 2.75) is 52.4 Å². The van der Waals surface area contributed by atoms with Crippen LogP contribution < -0.4 is 5.32 Å². The lowest BCUT2D eigenvalue weighted by atomic mass is 9.89. The van der Waals surface area contributed by atoms with Crippen LogP contribution in [0.5, 0.6) is 0 Å². The molecule has 1 aliphatic rings. The van der Waals surface area contributed by atoms with Gasteiger partial charge in [0.1, 0.15) is 0 Å². The summed E-state index contributed by atoms with van der Waals surface area (Å²) in [5.74, 6) is 0.842. The molecule has 0 spiro atoms. The van der Waals surface area contributed by atoms with Crippen LogP contribution in [0.4, 0.5) is 5.69 Å². The van der Waals surface area contributed by atoms with Gasteiger partial charge in [-0.2, -0.15) is 0 Å². The highest BCUT2D eigenvalue weighted by Crippen LogP contribution is 2.28. The van der Waals surface area contributed by atoms with E-state index >= 15 is 0 Å². The van der Waals surface area contributed by atoms with Gasteiger partial charge >= 0.3 is 0 Å². The first kappa shape index (κ1) is 12.5. The van der Waals surface area contributed by atoms with Gasteiger partial charge in [-0.1, -0.05) is 38.8 Å². The van der Waals surface area contributed by atoms with E-state index < -0.39 is 0 Å². The van der Waals surface area contributed by atoms with Crippen molar-refractivity contribution in [2.75, 3.05) is 11.9 Å². The van der Waals surface area contributed by atoms with Crippen LogP contribution in [0.3, 0.4) is 0 Å². The van der Waals surface area contributed by atoms with Gasteiger partial charge in [0.2, 0.25) is 0 Å². The summed E-state index contributed by atoms with van der Waals surface area (Å²) in [5.41, 5.74) is 4.44. The molecule has 1 unspecified atom stereocenters. The molecule has 1 N–H and O–H groups in total. The number of aryl methyl sites for hydroxylation is 1. The van der Waals surface area contributed by atoms with Crippen molar-refractivity contribution in [1.29, 1.82) is 0 Å². The van der Waals surface area contributed by atoms with Crippen molar-refractivity contribution < 1.29 is 0 Å². The van der Waals surface area contributed by atoms with Gasteiger partial charge in [0.15, 0.2) is 0 Å². The number of nitrogens with one attached hydrogen (secondary N) is 1. The van der Waals surface area contributed by atoms with E-state index in [0.717, 1.165) is 12.5 Å². The largest absolute Gasteiger partial charge is 0.385 e. The predicted molar refractivity (Wildman–Crippen MR) is 75.6 cm³/mol. The number of benzene rings is 1. The minimum absolute atomic E-state index is 0.842. The molecule has 1 aromatic carbocycles. The normalized spacial score (nSPS) is 18.6. The number of unbranched alkanes of at least 4 members (excludes halogenated alkanes) is 1. The van der Waals surface area contributed by atoms with E-state index in [1.807, 2.05) is 0 Å². The van der Waals surface area contributed by atoms with Crippen molar-refractivity contribution in [1.82, 2.24) is 0 Å². The van der Waals surface area contributed by atoms with Gasteiger partial charge in [-0.25, -0.2) is 0 Å². The van der Waals surface area contributed by atoms with Gasteiger partial charge in [-0.05, 0) is 48.8 Å². The van der Waals surface area contributed by atoms with Gasteiger partial charge in [0.25, 0.3) is 0 Å². The molecule has 1 aromatic rings. The maximum Gasteiger partial charge on any atom is 0.0373 e. The number of fused-ring (bicyclic) bond motifs is 1. The average Bonchev–Trinajstić information content (AvgIpc) is 2.36. The Hall–Kier alpha value is -0.980. The molecule has 1 nitrogen and oxygen atoms in total. The maximum atomic E-state index is 3.58. The summed E-state index contributed by atoms with van der Waals surface area (Å²) in [4.78, 5) is 0. The fraction of sp³-hybridized carbons (Fsp3) is 0.625.